The predicted molar refractivity (Wildman–Crippen MR) is 78.6 cm³/mol. The number of nitrogens with zero attached hydrogens (tertiary/aromatic N) is 1. The van der Waals surface area contributed by atoms with Crippen molar-refractivity contribution < 1.29 is 8.42 Å². The summed E-state index contributed by atoms with van der Waals surface area (Å²) >= 11 is 0. The number of nitrogens with two attached hydrogens (primary N) is 1. The number of hydrogen-bond acceptors (Lipinski definition) is 4. The van der Waals surface area contributed by atoms with Gasteiger partial charge in [-0.05, 0) is 43.0 Å². The Morgan fingerprint density at radius 1 is 1.26 bits per heavy atom. The standard InChI is InChI=1S/C13H21N3O2S/c1-19(17,18)15-10-11-9-12(5-6-13(11)14)16-7-3-2-4-8-16/h5-6,9,15H,2-4,7-8,10,14H2,1H3. The van der Waals surface area contributed by atoms with E-state index < -0.39 is 10.0 Å². The maximum Gasteiger partial charge on any atom is 0.209 e. The molecule has 0 radical (unpaired) electrons. The quantitative estimate of drug-likeness (QED) is 0.817. The summed E-state index contributed by atoms with van der Waals surface area (Å²) in [6.45, 7) is 2.36. The zero-order chi connectivity index (χ0) is 13.9. The minimum atomic E-state index is -3.20. The molecule has 0 aliphatic carbocycles. The third-order valence-electron chi connectivity index (χ3n) is 3.37. The van der Waals surface area contributed by atoms with Crippen LogP contribution in [0.5, 0.6) is 0 Å². The van der Waals surface area contributed by atoms with Crippen molar-refractivity contribution in [3.63, 3.8) is 0 Å². The van der Waals surface area contributed by atoms with Crippen LogP contribution >= 0.6 is 0 Å². The Hall–Kier alpha value is -1.27. The van der Waals surface area contributed by atoms with Gasteiger partial charge in [-0.1, -0.05) is 0 Å². The number of sulfonamides is 1. The number of hydrogen-bond donors (Lipinski definition) is 2. The van der Waals surface area contributed by atoms with Crippen LogP contribution in [-0.2, 0) is 16.6 Å². The number of piperidine rings is 1. The summed E-state index contributed by atoms with van der Waals surface area (Å²) < 4.78 is 24.8. The Bertz CT molecular complexity index is 537. The maximum absolute atomic E-state index is 11.1. The van der Waals surface area contributed by atoms with Crippen LogP contribution in [0, 0.1) is 0 Å². The molecule has 1 aromatic carbocycles. The highest BCUT2D eigenvalue weighted by atomic mass is 32.2. The number of rotatable bonds is 4. The molecule has 0 atom stereocenters. The summed E-state index contributed by atoms with van der Waals surface area (Å²) in [4.78, 5) is 2.33. The van der Waals surface area contributed by atoms with E-state index in [0.717, 1.165) is 30.6 Å². The molecule has 6 heteroatoms. The van der Waals surface area contributed by atoms with Gasteiger partial charge in [-0.25, -0.2) is 13.1 Å². The molecule has 106 valence electrons. The molecule has 0 amide bonds. The Morgan fingerprint density at radius 2 is 1.95 bits per heavy atom. The highest BCUT2D eigenvalue weighted by Gasteiger charge is 2.12. The van der Waals surface area contributed by atoms with E-state index in [1.165, 1.54) is 19.3 Å². The molecule has 0 bridgehead atoms. The van der Waals surface area contributed by atoms with E-state index in [2.05, 4.69) is 9.62 Å². The topological polar surface area (TPSA) is 75.4 Å². The van der Waals surface area contributed by atoms with Gasteiger partial charge in [-0.2, -0.15) is 0 Å². The van der Waals surface area contributed by atoms with Gasteiger partial charge < -0.3 is 10.6 Å². The van der Waals surface area contributed by atoms with Gasteiger partial charge in [0.2, 0.25) is 10.0 Å². The van der Waals surface area contributed by atoms with Crippen molar-refractivity contribution in [2.75, 3.05) is 30.0 Å². The molecule has 5 nitrogen and oxygen atoms in total. The van der Waals surface area contributed by atoms with Crippen LogP contribution in [0.25, 0.3) is 0 Å². The van der Waals surface area contributed by atoms with Crippen molar-refractivity contribution in [3.8, 4) is 0 Å². The number of nitrogen functional groups attached to an aromatic ring is 1. The number of benzene rings is 1. The first-order chi connectivity index (χ1) is 8.96. The van der Waals surface area contributed by atoms with Crippen LogP contribution < -0.4 is 15.4 Å². The van der Waals surface area contributed by atoms with Gasteiger partial charge >= 0.3 is 0 Å². The average Bonchev–Trinajstić information content (AvgIpc) is 2.38. The molecule has 0 spiro atoms. The van der Waals surface area contributed by atoms with Crippen LogP contribution in [0.2, 0.25) is 0 Å². The van der Waals surface area contributed by atoms with Gasteiger partial charge in [0.25, 0.3) is 0 Å². The molecule has 1 aliphatic heterocycles. The summed E-state index contributed by atoms with van der Waals surface area (Å²) in [6.07, 6.45) is 4.86. The summed E-state index contributed by atoms with van der Waals surface area (Å²) in [6, 6.07) is 5.84. The van der Waals surface area contributed by atoms with E-state index in [1.54, 1.807) is 0 Å². The number of anilines is 2. The van der Waals surface area contributed by atoms with Crippen molar-refractivity contribution >= 4 is 21.4 Å². The molecule has 0 aromatic heterocycles. The fourth-order valence-corrected chi connectivity index (χ4v) is 2.72. The molecule has 3 N–H and O–H groups in total. The molecule has 1 fully saturated rings. The van der Waals surface area contributed by atoms with E-state index >= 15 is 0 Å². The normalized spacial score (nSPS) is 16.6. The van der Waals surface area contributed by atoms with Crippen molar-refractivity contribution in [1.29, 1.82) is 0 Å². The summed E-state index contributed by atoms with van der Waals surface area (Å²) in [5, 5.41) is 0. The van der Waals surface area contributed by atoms with E-state index in [4.69, 9.17) is 5.73 Å². The van der Waals surface area contributed by atoms with Crippen LogP contribution in [-0.4, -0.2) is 27.8 Å². The smallest absolute Gasteiger partial charge is 0.209 e. The van der Waals surface area contributed by atoms with E-state index in [-0.39, 0.29) is 6.54 Å². The van der Waals surface area contributed by atoms with E-state index in [0.29, 0.717) is 5.69 Å². The van der Waals surface area contributed by atoms with Crippen molar-refractivity contribution in [3.05, 3.63) is 23.8 Å². The SMILES string of the molecule is CS(=O)(=O)NCc1cc(N2CCCCC2)ccc1N. The van der Waals surface area contributed by atoms with E-state index in [1.807, 2.05) is 18.2 Å². The summed E-state index contributed by atoms with van der Waals surface area (Å²) in [5.41, 5.74) is 8.47. The molecule has 1 heterocycles. The third kappa shape index (κ3) is 4.11. The van der Waals surface area contributed by atoms with Crippen LogP contribution in [0.15, 0.2) is 18.2 Å². The lowest BCUT2D eigenvalue weighted by Crippen LogP contribution is -2.29. The average molecular weight is 283 g/mol. The molecular formula is C13H21N3O2S. The van der Waals surface area contributed by atoms with Gasteiger partial charge in [0.05, 0.1) is 6.26 Å². The Labute approximate surface area is 114 Å². The third-order valence-corrected chi connectivity index (χ3v) is 4.04. The van der Waals surface area contributed by atoms with Gasteiger partial charge in [0.15, 0.2) is 0 Å². The van der Waals surface area contributed by atoms with Crippen LogP contribution in [0.1, 0.15) is 24.8 Å². The molecule has 0 unspecified atom stereocenters. The molecule has 1 aliphatic rings. The lowest BCUT2D eigenvalue weighted by Gasteiger charge is -2.29. The Kier molecular flexibility index (Phi) is 4.31. The summed E-state index contributed by atoms with van der Waals surface area (Å²) in [7, 11) is -3.20. The first-order valence-corrected chi connectivity index (χ1v) is 8.43. The first-order valence-electron chi connectivity index (χ1n) is 6.54. The minimum Gasteiger partial charge on any atom is -0.398 e. The second-order valence-corrected chi connectivity index (χ2v) is 6.86. The fourth-order valence-electron chi connectivity index (χ4n) is 2.30. The van der Waals surface area contributed by atoms with Crippen molar-refractivity contribution in [2.45, 2.75) is 25.8 Å². The molecule has 1 saturated heterocycles. The van der Waals surface area contributed by atoms with Gasteiger partial charge in [0, 0.05) is 31.0 Å². The second-order valence-electron chi connectivity index (χ2n) is 5.02. The molecule has 1 aromatic rings. The van der Waals surface area contributed by atoms with Gasteiger partial charge in [-0.15, -0.1) is 0 Å². The molecule has 0 saturated carbocycles. The second kappa shape index (κ2) is 5.79. The lowest BCUT2D eigenvalue weighted by molar-refractivity contribution is 0.577. The molecule has 19 heavy (non-hydrogen) atoms. The fraction of sp³-hybridized carbons (Fsp3) is 0.538. The minimum absolute atomic E-state index is 0.242. The van der Waals surface area contributed by atoms with Crippen LogP contribution in [0.3, 0.4) is 0 Å². The Morgan fingerprint density at radius 3 is 2.58 bits per heavy atom. The monoisotopic (exact) mass is 283 g/mol. The van der Waals surface area contributed by atoms with Crippen LogP contribution in [0.4, 0.5) is 11.4 Å². The highest BCUT2D eigenvalue weighted by Crippen LogP contribution is 2.24. The molecule has 2 rings (SSSR count). The number of nitrogens with one attached hydrogen (secondary N) is 1. The molecular weight excluding hydrogens is 262 g/mol. The van der Waals surface area contributed by atoms with E-state index in [9.17, 15) is 8.42 Å². The highest BCUT2D eigenvalue weighted by molar-refractivity contribution is 7.88. The van der Waals surface area contributed by atoms with Crippen molar-refractivity contribution in [2.24, 2.45) is 0 Å². The predicted octanol–water partition coefficient (Wildman–Crippen LogP) is 1.31. The largest absolute Gasteiger partial charge is 0.398 e. The Balaban J connectivity index is 2.14. The summed E-state index contributed by atoms with van der Waals surface area (Å²) in [5.74, 6) is 0. The van der Waals surface area contributed by atoms with Gasteiger partial charge in [-0.3, -0.25) is 0 Å². The first kappa shape index (κ1) is 14.1. The lowest BCUT2D eigenvalue weighted by atomic mass is 10.1. The zero-order valence-electron chi connectivity index (χ0n) is 11.2. The zero-order valence-corrected chi connectivity index (χ0v) is 12.0. The van der Waals surface area contributed by atoms with Gasteiger partial charge in [0.1, 0.15) is 0 Å². The maximum atomic E-state index is 11.1. The van der Waals surface area contributed by atoms with Crippen molar-refractivity contribution in [1.82, 2.24) is 4.72 Å².